The summed E-state index contributed by atoms with van der Waals surface area (Å²) in [5, 5.41) is 16.0. The molecule has 43 heavy (non-hydrogen) atoms. The first-order valence-corrected chi connectivity index (χ1v) is 14.0. The number of halogens is 1. The lowest BCUT2D eigenvalue weighted by atomic mass is 9.47. The summed E-state index contributed by atoms with van der Waals surface area (Å²) in [5.74, 6) is -3.24. The highest BCUT2D eigenvalue weighted by Gasteiger charge is 2.68. The Morgan fingerprint density at radius 2 is 1.63 bits per heavy atom. The van der Waals surface area contributed by atoms with E-state index in [9.17, 15) is 24.5 Å². The maximum Gasteiger partial charge on any atom is 0.271 e. The number of anilines is 1. The van der Waals surface area contributed by atoms with Crippen LogP contribution in [0.1, 0.15) is 44.1 Å². The lowest BCUT2D eigenvalue weighted by Gasteiger charge is -2.52. The second kappa shape index (κ2) is 9.71. The number of carbonyl (C=O) groups excluding carboxylic acids is 3. The molecule has 1 N–H and O–H groups in total. The van der Waals surface area contributed by atoms with Crippen molar-refractivity contribution in [3.05, 3.63) is 140 Å². The van der Waals surface area contributed by atoms with Gasteiger partial charge in [-0.05, 0) is 52.9 Å². The zero-order valence-corrected chi connectivity index (χ0v) is 23.5. The van der Waals surface area contributed by atoms with E-state index in [0.717, 1.165) is 27.8 Å². The van der Waals surface area contributed by atoms with Crippen molar-refractivity contribution in [2.75, 3.05) is 4.90 Å². The number of hydrogen-bond acceptors (Lipinski definition) is 6. The summed E-state index contributed by atoms with van der Waals surface area (Å²) in [7, 11) is 0. The minimum atomic E-state index is -1.18. The van der Waals surface area contributed by atoms with E-state index in [0.29, 0.717) is 10.7 Å². The third-order valence-electron chi connectivity index (χ3n) is 8.85. The normalized spacial score (nSPS) is 23.2. The molecule has 2 bridgehead atoms. The van der Waals surface area contributed by atoms with E-state index in [1.165, 1.54) is 29.2 Å². The van der Waals surface area contributed by atoms with Crippen LogP contribution in [0.25, 0.3) is 0 Å². The van der Waals surface area contributed by atoms with E-state index in [1.54, 1.807) is 24.4 Å². The largest absolute Gasteiger partial charge is 0.274 e. The summed E-state index contributed by atoms with van der Waals surface area (Å²) in [6.07, 6.45) is 1.55. The van der Waals surface area contributed by atoms with Gasteiger partial charge >= 0.3 is 0 Å². The second-order valence-corrected chi connectivity index (χ2v) is 11.4. The average molecular weight is 591 g/mol. The molecule has 4 aromatic rings. The van der Waals surface area contributed by atoms with Crippen LogP contribution in [0, 0.1) is 28.9 Å². The van der Waals surface area contributed by atoms with Crippen molar-refractivity contribution in [1.29, 1.82) is 0 Å². The van der Waals surface area contributed by atoms with Crippen molar-refractivity contribution in [1.82, 2.24) is 5.43 Å². The third kappa shape index (κ3) is 3.78. The zero-order chi connectivity index (χ0) is 30.0. The van der Waals surface area contributed by atoms with Gasteiger partial charge in [-0.3, -0.25) is 24.5 Å². The summed E-state index contributed by atoms with van der Waals surface area (Å²) >= 11 is 6.31. The highest BCUT2D eigenvalue weighted by Crippen LogP contribution is 2.63. The van der Waals surface area contributed by atoms with Gasteiger partial charge in [-0.1, -0.05) is 72.3 Å². The molecule has 3 aliphatic carbocycles. The molecule has 0 unspecified atom stereocenters. The number of nitrogens with zero attached hydrogens (tertiary/aromatic N) is 3. The summed E-state index contributed by atoms with van der Waals surface area (Å²) in [4.78, 5) is 53.7. The molecule has 9 nitrogen and oxygen atoms in total. The van der Waals surface area contributed by atoms with Crippen LogP contribution in [0.15, 0.2) is 96.1 Å². The minimum absolute atomic E-state index is 0.0598. The summed E-state index contributed by atoms with van der Waals surface area (Å²) in [6.45, 7) is 1.83. The van der Waals surface area contributed by atoms with Crippen LogP contribution < -0.4 is 10.3 Å². The van der Waals surface area contributed by atoms with Crippen molar-refractivity contribution in [2.45, 2.75) is 18.3 Å². The molecule has 0 saturated carbocycles. The molecular formula is C33H23ClN4O5. The van der Waals surface area contributed by atoms with Gasteiger partial charge in [0.15, 0.2) is 0 Å². The molecule has 1 fully saturated rings. The second-order valence-electron chi connectivity index (χ2n) is 11.0. The number of nitro benzene ring substituents is 1. The van der Waals surface area contributed by atoms with Crippen LogP contribution >= 0.6 is 11.6 Å². The molecule has 1 heterocycles. The van der Waals surface area contributed by atoms with Crippen LogP contribution in [0.5, 0.6) is 0 Å². The molecule has 0 aromatic heterocycles. The molecule has 3 amide bonds. The zero-order valence-electron chi connectivity index (χ0n) is 22.7. The molecular weight excluding hydrogens is 568 g/mol. The Bertz CT molecular complexity index is 1870. The van der Waals surface area contributed by atoms with Crippen LogP contribution in [-0.2, 0) is 15.0 Å². The first-order valence-electron chi connectivity index (χ1n) is 13.7. The van der Waals surface area contributed by atoms with Gasteiger partial charge in [-0.2, -0.15) is 5.10 Å². The molecule has 0 spiro atoms. The fourth-order valence-electron chi connectivity index (χ4n) is 7.13. The van der Waals surface area contributed by atoms with Crippen molar-refractivity contribution < 1.29 is 19.3 Å². The lowest BCUT2D eigenvalue weighted by molar-refractivity contribution is -0.384. The van der Waals surface area contributed by atoms with Crippen molar-refractivity contribution in [2.24, 2.45) is 16.9 Å². The lowest BCUT2D eigenvalue weighted by Crippen LogP contribution is -2.54. The Morgan fingerprint density at radius 1 is 0.953 bits per heavy atom. The number of hydrogen-bond donors (Lipinski definition) is 1. The molecule has 10 heteroatoms. The van der Waals surface area contributed by atoms with Gasteiger partial charge in [0, 0.05) is 34.9 Å². The van der Waals surface area contributed by atoms with Crippen LogP contribution in [-0.4, -0.2) is 28.9 Å². The predicted molar refractivity (Wildman–Crippen MR) is 160 cm³/mol. The molecule has 4 aliphatic rings. The highest BCUT2D eigenvalue weighted by atomic mass is 35.5. The Labute approximate surface area is 250 Å². The monoisotopic (exact) mass is 590 g/mol. The van der Waals surface area contributed by atoms with E-state index in [4.69, 9.17) is 11.6 Å². The maximum atomic E-state index is 14.5. The number of benzene rings is 4. The van der Waals surface area contributed by atoms with Gasteiger partial charge in [0.05, 0.1) is 27.9 Å². The Hall–Kier alpha value is -5.15. The van der Waals surface area contributed by atoms with Crippen LogP contribution in [0.4, 0.5) is 11.4 Å². The van der Waals surface area contributed by atoms with Crippen molar-refractivity contribution in [3.63, 3.8) is 0 Å². The fraction of sp³-hybridized carbons (Fsp3) is 0.152. The van der Waals surface area contributed by atoms with Crippen molar-refractivity contribution >= 4 is 46.9 Å². The van der Waals surface area contributed by atoms with Crippen LogP contribution in [0.2, 0.25) is 5.02 Å². The first-order chi connectivity index (χ1) is 20.7. The molecule has 2 atom stereocenters. The highest BCUT2D eigenvalue weighted by molar-refractivity contribution is 6.31. The predicted octanol–water partition coefficient (Wildman–Crippen LogP) is 5.52. The van der Waals surface area contributed by atoms with E-state index in [2.05, 4.69) is 10.5 Å². The standard InChI is InChI=1S/C33H23ClN4O5/c1-18-13-14-20(34)16-26(18)37-31(40)28-27-22-9-2-4-11-24(22)33(29(28)32(37)41,25-12-5-3-10-23(25)27)17-35-36-30(39)19-7-6-8-21(15-19)38(42)43/h2-17,27-29H,1H3,(H,36,39)/b35-17-/t27?,28-,29+,33?/m1/s1. The van der Waals surface area contributed by atoms with Gasteiger partial charge in [0.25, 0.3) is 11.6 Å². The number of nitrogens with one attached hydrogen (secondary N) is 1. The molecule has 4 aromatic carbocycles. The fourth-order valence-corrected chi connectivity index (χ4v) is 7.29. The summed E-state index contributed by atoms with van der Waals surface area (Å²) in [5.41, 5.74) is 5.83. The minimum Gasteiger partial charge on any atom is -0.274 e. The van der Waals surface area contributed by atoms with Crippen molar-refractivity contribution in [3.8, 4) is 0 Å². The number of non-ortho nitro benzene ring substituents is 1. The number of aryl methyl sites for hydroxylation is 1. The topological polar surface area (TPSA) is 122 Å². The average Bonchev–Trinajstić information content (AvgIpc) is 3.29. The molecule has 0 radical (unpaired) electrons. The summed E-state index contributed by atoms with van der Waals surface area (Å²) in [6, 6.07) is 25.9. The number of amides is 3. The van der Waals surface area contributed by atoms with Crippen LogP contribution in [0.3, 0.4) is 0 Å². The quantitative estimate of drug-likeness (QED) is 0.142. The number of hydrazone groups is 1. The van der Waals surface area contributed by atoms with E-state index >= 15 is 0 Å². The Balaban J connectivity index is 1.39. The van der Waals surface area contributed by atoms with Gasteiger partial charge < -0.3 is 0 Å². The number of rotatable bonds is 5. The molecule has 8 rings (SSSR count). The summed E-state index contributed by atoms with van der Waals surface area (Å²) < 4.78 is 0. The van der Waals surface area contributed by atoms with Gasteiger partial charge in [0.2, 0.25) is 11.8 Å². The number of nitro groups is 1. The van der Waals surface area contributed by atoms with Gasteiger partial charge in [0.1, 0.15) is 0 Å². The number of imide groups is 1. The molecule has 1 aliphatic heterocycles. The third-order valence-corrected chi connectivity index (χ3v) is 9.08. The Kier molecular flexibility index (Phi) is 6.03. The van der Waals surface area contributed by atoms with E-state index < -0.39 is 28.1 Å². The first kappa shape index (κ1) is 26.7. The Morgan fingerprint density at radius 3 is 2.30 bits per heavy atom. The van der Waals surface area contributed by atoms with Gasteiger partial charge in [-0.25, -0.2) is 10.3 Å². The smallest absolute Gasteiger partial charge is 0.271 e. The van der Waals surface area contributed by atoms with E-state index in [1.807, 2.05) is 55.5 Å². The molecule has 1 saturated heterocycles. The maximum absolute atomic E-state index is 14.5. The molecule has 212 valence electrons. The SMILES string of the molecule is Cc1ccc(Cl)cc1N1C(=O)[C@@H]2C3c4ccccc4C(/C=N\NC(=O)c4cccc([N+](=O)[O-])c4)(c4ccccc43)[C@@H]2C1=O. The number of carbonyl (C=O) groups is 3. The van der Waals surface area contributed by atoms with Gasteiger partial charge in [-0.15, -0.1) is 0 Å². The van der Waals surface area contributed by atoms with E-state index in [-0.39, 0.29) is 29.0 Å².